The number of ether oxygens (including phenoxy) is 2. The Labute approximate surface area is 171 Å². The minimum Gasteiger partial charge on any atom is -0.480 e. The number of carbonyl (C=O) groups excluding carboxylic acids is 1. The second kappa shape index (κ2) is 8.05. The number of hydrogen-bond donors (Lipinski definition) is 2. The van der Waals surface area contributed by atoms with Gasteiger partial charge < -0.3 is 20.3 Å². The highest BCUT2D eigenvalue weighted by molar-refractivity contribution is 7.80. The molecule has 10 heteroatoms. The molecule has 0 aromatic heterocycles. The summed E-state index contributed by atoms with van der Waals surface area (Å²) < 4.78 is 11.2. The predicted octanol–water partition coefficient (Wildman–Crippen LogP) is 3.11. The number of nitrogens with two attached hydrogens (primary N) is 1. The zero-order valence-corrected chi connectivity index (χ0v) is 16.2. The summed E-state index contributed by atoms with van der Waals surface area (Å²) >= 11 is 4.97. The van der Waals surface area contributed by atoms with Crippen molar-refractivity contribution in [1.29, 1.82) is 5.26 Å². The Kier molecular flexibility index (Phi) is 5.70. The molecule has 0 amide bonds. The largest absolute Gasteiger partial charge is 0.480 e. The van der Waals surface area contributed by atoms with Crippen molar-refractivity contribution in [3.8, 4) is 6.07 Å². The average molecular weight is 417 g/mol. The molecule has 29 heavy (non-hydrogen) atoms. The molecule has 1 saturated carbocycles. The number of hydrogen-bond acceptors (Lipinski definition) is 8. The first-order valence-electron chi connectivity index (χ1n) is 9.07. The van der Waals surface area contributed by atoms with E-state index in [4.69, 9.17) is 27.4 Å². The second-order valence-electron chi connectivity index (χ2n) is 7.02. The molecule has 3 rings (SSSR count). The van der Waals surface area contributed by atoms with E-state index in [0.717, 1.165) is 19.3 Å². The van der Waals surface area contributed by atoms with E-state index >= 15 is 0 Å². The lowest BCUT2D eigenvalue weighted by atomic mass is 9.80. The number of carbonyl (C=O) groups is 1. The molecule has 1 aliphatic heterocycles. The van der Waals surface area contributed by atoms with Crippen LogP contribution in [-0.4, -0.2) is 26.8 Å². The molecule has 3 N–H and O–H groups in total. The number of rotatable bonds is 5. The molecule has 0 saturated heterocycles. The Morgan fingerprint density at radius 3 is 2.38 bits per heavy atom. The van der Waals surface area contributed by atoms with Crippen molar-refractivity contribution in [3.63, 3.8) is 0 Å². The first-order valence-corrected chi connectivity index (χ1v) is 9.47. The summed E-state index contributed by atoms with van der Waals surface area (Å²) in [5.41, 5.74) is 5.58. The van der Waals surface area contributed by atoms with Crippen molar-refractivity contribution in [3.05, 3.63) is 51.5 Å². The summed E-state index contributed by atoms with van der Waals surface area (Å²) in [7, 11) is 0. The number of nitriles is 1. The number of esters is 1. The lowest BCUT2D eigenvalue weighted by molar-refractivity contribution is -0.384. The zero-order chi connectivity index (χ0) is 21.2. The van der Waals surface area contributed by atoms with Gasteiger partial charge in [0.05, 0.1) is 16.0 Å². The van der Waals surface area contributed by atoms with Gasteiger partial charge >= 0.3 is 5.97 Å². The van der Waals surface area contributed by atoms with Gasteiger partial charge in [-0.3, -0.25) is 10.1 Å². The third-order valence-electron chi connectivity index (χ3n) is 5.18. The van der Waals surface area contributed by atoms with E-state index in [2.05, 4.69) is 0 Å². The maximum absolute atomic E-state index is 12.9. The van der Waals surface area contributed by atoms with Crippen LogP contribution in [0, 0.1) is 27.4 Å². The lowest BCUT2D eigenvalue weighted by Crippen LogP contribution is -2.45. The molecule has 1 spiro atoms. The highest BCUT2D eigenvalue weighted by atomic mass is 32.1. The molecule has 9 nitrogen and oxygen atoms in total. The summed E-state index contributed by atoms with van der Waals surface area (Å²) in [6, 6.07) is 7.15. The fourth-order valence-electron chi connectivity index (χ4n) is 3.75. The second-order valence-corrected chi connectivity index (χ2v) is 7.49. The van der Waals surface area contributed by atoms with E-state index in [0.29, 0.717) is 18.4 Å². The lowest BCUT2D eigenvalue weighted by Gasteiger charge is -2.40. The first kappa shape index (κ1) is 20.5. The molecule has 2 aliphatic rings. The Hall–Kier alpha value is -3.19. The van der Waals surface area contributed by atoms with E-state index in [1.807, 2.05) is 6.07 Å². The Morgan fingerprint density at radius 2 is 1.90 bits per heavy atom. The van der Waals surface area contributed by atoms with E-state index < -0.39 is 34.5 Å². The van der Waals surface area contributed by atoms with Crippen LogP contribution in [0.25, 0.3) is 0 Å². The van der Waals surface area contributed by atoms with E-state index in [1.54, 1.807) is 0 Å². The molecule has 1 fully saturated rings. The molecule has 1 heterocycles. The van der Waals surface area contributed by atoms with Crippen LogP contribution in [0.3, 0.4) is 0 Å². The summed E-state index contributed by atoms with van der Waals surface area (Å²) in [6.07, 6.45) is 3.46. The average Bonchev–Trinajstić information content (AvgIpc) is 2.67. The third-order valence-corrected chi connectivity index (χ3v) is 5.43. The monoisotopic (exact) mass is 417 g/mol. The highest BCUT2D eigenvalue weighted by Gasteiger charge is 2.48. The summed E-state index contributed by atoms with van der Waals surface area (Å²) in [4.78, 5) is 23.0. The van der Waals surface area contributed by atoms with Crippen molar-refractivity contribution in [2.75, 3.05) is 0 Å². The van der Waals surface area contributed by atoms with Gasteiger partial charge in [-0.25, -0.2) is 4.79 Å². The molecule has 0 radical (unpaired) electrons. The molecule has 1 aliphatic carbocycles. The maximum Gasteiger partial charge on any atom is 0.345 e. The fourth-order valence-corrected chi connectivity index (χ4v) is 3.94. The minimum absolute atomic E-state index is 0.168. The van der Waals surface area contributed by atoms with Crippen LogP contribution in [0.4, 0.5) is 5.69 Å². The molecule has 2 unspecified atom stereocenters. The van der Waals surface area contributed by atoms with Gasteiger partial charge in [-0.05, 0) is 18.4 Å². The summed E-state index contributed by atoms with van der Waals surface area (Å²) in [6.45, 7) is 0. The Morgan fingerprint density at radius 1 is 1.28 bits per heavy atom. The van der Waals surface area contributed by atoms with Crippen LogP contribution in [0.1, 0.15) is 43.6 Å². The maximum atomic E-state index is 12.9. The van der Waals surface area contributed by atoms with Gasteiger partial charge in [0.15, 0.2) is 0 Å². The van der Waals surface area contributed by atoms with Crippen molar-refractivity contribution < 1.29 is 24.3 Å². The van der Waals surface area contributed by atoms with Gasteiger partial charge in [0.2, 0.25) is 0 Å². The van der Waals surface area contributed by atoms with E-state index in [1.165, 1.54) is 24.3 Å². The number of benzene rings is 1. The molecule has 1 aromatic carbocycles. The van der Waals surface area contributed by atoms with Crippen molar-refractivity contribution in [2.45, 2.75) is 43.8 Å². The zero-order valence-electron chi connectivity index (χ0n) is 15.4. The molecular formula is C19H19N3O6S. The summed E-state index contributed by atoms with van der Waals surface area (Å²) in [5, 5.41) is 31.1. The van der Waals surface area contributed by atoms with Gasteiger partial charge in [0.1, 0.15) is 11.5 Å². The molecule has 152 valence electrons. The van der Waals surface area contributed by atoms with Crippen molar-refractivity contribution in [2.24, 2.45) is 11.7 Å². The topological polar surface area (TPSA) is 149 Å². The number of aliphatic hydroxyl groups excluding tert-OH is 1. The highest BCUT2D eigenvalue weighted by Crippen LogP contribution is 2.43. The summed E-state index contributed by atoms with van der Waals surface area (Å²) in [5.74, 6) is -4.95. The SMILES string of the molecule is N#CC(C(N)=S)C(C1=C(O)OC2(CCCCC2)OC1=O)c1ccc([N+](=O)[O-])cc1. The fraction of sp³-hybridized carbons (Fsp3) is 0.421. The van der Waals surface area contributed by atoms with Gasteiger partial charge in [0.25, 0.3) is 17.4 Å². The van der Waals surface area contributed by atoms with Crippen LogP contribution in [-0.2, 0) is 14.3 Å². The molecule has 1 aromatic rings. The van der Waals surface area contributed by atoms with E-state index in [9.17, 15) is 25.3 Å². The molecular weight excluding hydrogens is 398 g/mol. The number of nitrogens with zero attached hydrogens (tertiary/aromatic N) is 2. The van der Waals surface area contributed by atoms with Crippen LogP contribution in [0.15, 0.2) is 35.8 Å². The molecule has 2 atom stereocenters. The van der Waals surface area contributed by atoms with Gasteiger partial charge in [-0.1, -0.05) is 30.8 Å². The Bertz CT molecular complexity index is 915. The first-order chi connectivity index (χ1) is 13.8. The van der Waals surface area contributed by atoms with Gasteiger partial charge in [0, 0.05) is 30.9 Å². The van der Waals surface area contributed by atoms with Crippen LogP contribution < -0.4 is 5.73 Å². The van der Waals surface area contributed by atoms with Crippen LogP contribution in [0.2, 0.25) is 0 Å². The van der Waals surface area contributed by atoms with Crippen molar-refractivity contribution >= 4 is 28.9 Å². The number of nitro groups is 1. The predicted molar refractivity (Wildman–Crippen MR) is 104 cm³/mol. The van der Waals surface area contributed by atoms with Crippen LogP contribution in [0.5, 0.6) is 0 Å². The number of thiocarbonyl (C=S) groups is 1. The van der Waals surface area contributed by atoms with E-state index in [-0.39, 0.29) is 16.2 Å². The number of aliphatic hydroxyl groups is 1. The molecule has 0 bridgehead atoms. The smallest absolute Gasteiger partial charge is 0.345 e. The van der Waals surface area contributed by atoms with Crippen LogP contribution >= 0.6 is 12.2 Å². The standard InChI is InChI=1S/C19H19N3O6S/c20-10-13(16(21)29)14(11-4-6-12(7-5-11)22(25)26)15-17(23)27-19(28-18(15)24)8-2-1-3-9-19/h4-7,13-14,23H,1-3,8-9H2,(H2,21,29). The normalized spacial score (nSPS) is 20.2. The number of non-ortho nitro benzene ring substituents is 1. The third kappa shape index (κ3) is 4.00. The Balaban J connectivity index is 2.07. The van der Waals surface area contributed by atoms with Gasteiger partial charge in [-0.2, -0.15) is 5.26 Å². The minimum atomic E-state index is -1.21. The number of nitro benzene ring substituents is 1. The van der Waals surface area contributed by atoms with Crippen molar-refractivity contribution in [1.82, 2.24) is 0 Å². The van der Waals surface area contributed by atoms with Gasteiger partial charge in [-0.15, -0.1) is 0 Å². The quantitative estimate of drug-likeness (QED) is 0.319.